The molecule has 4 N–H and O–H groups in total. The van der Waals surface area contributed by atoms with Crippen LogP contribution in [0.25, 0.3) is 0 Å². The Balaban J connectivity index is 1.64. The zero-order valence-electron chi connectivity index (χ0n) is 17.6. The summed E-state index contributed by atoms with van der Waals surface area (Å²) in [6, 6.07) is 16.3. The third-order valence-corrected chi connectivity index (χ3v) is 5.63. The molecular formula is C25H30N4O. The number of nitrogens with two attached hydrogens (primary N) is 1. The summed E-state index contributed by atoms with van der Waals surface area (Å²) in [5.74, 6) is -0.356. The van der Waals surface area contributed by atoms with E-state index < -0.39 is 0 Å². The lowest BCUT2D eigenvalue weighted by Crippen LogP contribution is -2.30. The van der Waals surface area contributed by atoms with Crippen molar-refractivity contribution in [2.45, 2.75) is 58.2 Å². The van der Waals surface area contributed by atoms with Crippen LogP contribution >= 0.6 is 0 Å². The van der Waals surface area contributed by atoms with E-state index in [0.717, 1.165) is 36.0 Å². The maximum absolute atomic E-state index is 12.7. The van der Waals surface area contributed by atoms with Crippen LogP contribution in [-0.2, 0) is 30.7 Å². The van der Waals surface area contributed by atoms with Gasteiger partial charge in [-0.3, -0.25) is 4.79 Å². The van der Waals surface area contributed by atoms with Crippen LogP contribution < -0.4 is 16.4 Å². The third-order valence-electron chi connectivity index (χ3n) is 5.63. The molecular weight excluding hydrogens is 372 g/mol. The monoisotopic (exact) mass is 402 g/mol. The van der Waals surface area contributed by atoms with Crippen LogP contribution in [0.4, 0.5) is 0 Å². The molecule has 0 spiro atoms. The van der Waals surface area contributed by atoms with Gasteiger partial charge in [-0.05, 0) is 59.9 Å². The Bertz CT molecular complexity index is 958. The lowest BCUT2D eigenvalue weighted by atomic mass is 9.88. The molecule has 2 aromatic carbocycles. The Labute approximate surface area is 179 Å². The predicted octanol–water partition coefficient (Wildman–Crippen LogP) is 3.79. The number of nitrogens with zero attached hydrogens (tertiary/aromatic N) is 1. The van der Waals surface area contributed by atoms with Crippen LogP contribution in [0.15, 0.2) is 54.2 Å². The minimum absolute atomic E-state index is 0.0707. The van der Waals surface area contributed by atoms with E-state index in [-0.39, 0.29) is 17.5 Å². The van der Waals surface area contributed by atoms with Gasteiger partial charge in [-0.25, -0.2) is 0 Å². The molecule has 0 aromatic heterocycles. The highest BCUT2D eigenvalue weighted by molar-refractivity contribution is 5.97. The van der Waals surface area contributed by atoms with Crippen LogP contribution in [-0.4, -0.2) is 5.91 Å². The molecule has 0 saturated carbocycles. The highest BCUT2D eigenvalue weighted by atomic mass is 16.1. The molecule has 30 heavy (non-hydrogen) atoms. The van der Waals surface area contributed by atoms with Crippen LogP contribution in [0, 0.1) is 11.3 Å². The molecule has 5 nitrogen and oxygen atoms in total. The maximum atomic E-state index is 12.7. The van der Waals surface area contributed by atoms with Gasteiger partial charge in [0.25, 0.3) is 5.91 Å². The van der Waals surface area contributed by atoms with Gasteiger partial charge in [0.2, 0.25) is 0 Å². The van der Waals surface area contributed by atoms with E-state index in [0.29, 0.717) is 13.1 Å². The average molecular weight is 403 g/mol. The smallest absolute Gasteiger partial charge is 0.263 e. The molecule has 2 aromatic rings. The van der Waals surface area contributed by atoms with Crippen molar-refractivity contribution >= 4 is 5.91 Å². The van der Waals surface area contributed by atoms with Crippen LogP contribution in [0.2, 0.25) is 0 Å². The van der Waals surface area contributed by atoms with Gasteiger partial charge in [-0.1, -0.05) is 49.4 Å². The Morgan fingerprint density at radius 3 is 2.67 bits per heavy atom. The lowest BCUT2D eigenvalue weighted by molar-refractivity contribution is -0.117. The number of aryl methyl sites for hydroxylation is 2. The van der Waals surface area contributed by atoms with E-state index in [9.17, 15) is 10.1 Å². The molecule has 0 fully saturated rings. The van der Waals surface area contributed by atoms with Gasteiger partial charge in [0.15, 0.2) is 0 Å². The normalized spacial score (nSPS) is 14.4. The highest BCUT2D eigenvalue weighted by Crippen LogP contribution is 2.26. The Hall–Kier alpha value is -3.10. The van der Waals surface area contributed by atoms with Crippen LogP contribution in [0.1, 0.15) is 60.0 Å². The first-order chi connectivity index (χ1) is 14.6. The first kappa shape index (κ1) is 21.6. The summed E-state index contributed by atoms with van der Waals surface area (Å²) in [6.07, 6.45) is 6.97. The van der Waals surface area contributed by atoms with Crippen molar-refractivity contribution in [2.24, 2.45) is 5.73 Å². The Morgan fingerprint density at radius 1 is 1.17 bits per heavy atom. The molecule has 0 bridgehead atoms. The molecule has 1 atom stereocenters. The van der Waals surface area contributed by atoms with Crippen molar-refractivity contribution in [2.75, 3.05) is 0 Å². The van der Waals surface area contributed by atoms with Gasteiger partial charge >= 0.3 is 0 Å². The third kappa shape index (κ3) is 5.49. The second-order valence-corrected chi connectivity index (χ2v) is 7.74. The fourth-order valence-corrected chi connectivity index (χ4v) is 3.91. The van der Waals surface area contributed by atoms with E-state index >= 15 is 0 Å². The molecule has 0 aliphatic heterocycles. The van der Waals surface area contributed by atoms with Crippen LogP contribution in [0.3, 0.4) is 0 Å². The summed E-state index contributed by atoms with van der Waals surface area (Å²) in [7, 11) is 0. The van der Waals surface area contributed by atoms with E-state index in [1.807, 2.05) is 37.3 Å². The van der Waals surface area contributed by atoms with E-state index in [1.165, 1.54) is 30.2 Å². The van der Waals surface area contributed by atoms with Crippen molar-refractivity contribution in [3.05, 3.63) is 82.1 Å². The lowest BCUT2D eigenvalue weighted by Gasteiger charge is -2.21. The summed E-state index contributed by atoms with van der Waals surface area (Å²) >= 11 is 0. The van der Waals surface area contributed by atoms with Crippen LogP contribution in [0.5, 0.6) is 0 Å². The largest absolute Gasteiger partial charge is 0.386 e. The number of carbonyl (C=O) groups excluding carboxylic acids is 1. The van der Waals surface area contributed by atoms with Crippen molar-refractivity contribution in [1.82, 2.24) is 10.6 Å². The number of hydrogen-bond donors (Lipinski definition) is 3. The van der Waals surface area contributed by atoms with Crippen molar-refractivity contribution < 1.29 is 4.79 Å². The quantitative estimate of drug-likeness (QED) is 0.463. The zero-order chi connectivity index (χ0) is 21.3. The average Bonchev–Trinajstić information content (AvgIpc) is 2.80. The first-order valence-corrected chi connectivity index (χ1v) is 10.7. The summed E-state index contributed by atoms with van der Waals surface area (Å²) in [4.78, 5) is 12.7. The molecule has 5 heteroatoms. The van der Waals surface area contributed by atoms with Gasteiger partial charge in [-0.2, -0.15) is 5.26 Å². The zero-order valence-corrected chi connectivity index (χ0v) is 17.6. The summed E-state index contributed by atoms with van der Waals surface area (Å²) in [5, 5.41) is 15.5. The second kappa shape index (κ2) is 10.6. The molecule has 0 heterocycles. The Morgan fingerprint density at radius 2 is 1.93 bits per heavy atom. The molecule has 0 radical (unpaired) electrons. The molecule has 1 aliphatic carbocycles. The number of nitriles is 1. The number of nitrogens with one attached hydrogen (secondary N) is 2. The topological polar surface area (TPSA) is 90.9 Å². The van der Waals surface area contributed by atoms with Crippen molar-refractivity contribution in [1.29, 1.82) is 5.26 Å². The number of benzene rings is 2. The molecule has 156 valence electrons. The fraction of sp³-hybridized carbons (Fsp3) is 0.360. The summed E-state index contributed by atoms with van der Waals surface area (Å²) in [5.41, 5.74) is 11.8. The first-order valence-electron chi connectivity index (χ1n) is 10.7. The maximum Gasteiger partial charge on any atom is 0.263 e. The van der Waals surface area contributed by atoms with Gasteiger partial charge < -0.3 is 16.4 Å². The SMILES string of the molecule is CCC(NC(=O)/C(C#N)=C\NCc1cccc(CN)c1)c1ccc2c(c1)CCCC2. The number of amides is 1. The Kier molecular flexibility index (Phi) is 7.64. The molecule has 1 aliphatic rings. The molecule has 0 saturated heterocycles. The summed E-state index contributed by atoms with van der Waals surface area (Å²) in [6.45, 7) is 3.05. The number of fused-ring (bicyclic) bond motifs is 1. The van der Waals surface area contributed by atoms with Gasteiger partial charge in [0, 0.05) is 19.3 Å². The predicted molar refractivity (Wildman–Crippen MR) is 119 cm³/mol. The van der Waals surface area contributed by atoms with Gasteiger partial charge in [0.05, 0.1) is 6.04 Å². The number of rotatable bonds is 8. The van der Waals surface area contributed by atoms with Gasteiger partial charge in [0.1, 0.15) is 11.6 Å². The second-order valence-electron chi connectivity index (χ2n) is 7.74. The molecule has 1 unspecified atom stereocenters. The standard InChI is InChI=1S/C25H30N4O/c1-2-24(22-11-10-20-8-3-4-9-21(20)13-22)29-25(30)23(15-27)17-28-16-19-7-5-6-18(12-19)14-26/h5-7,10-13,17,24,28H,2-4,8-9,14,16,26H2,1H3,(H,29,30)/b23-17-. The minimum atomic E-state index is -0.356. The van der Waals surface area contributed by atoms with E-state index in [1.54, 1.807) is 0 Å². The number of hydrogen-bond acceptors (Lipinski definition) is 4. The molecule has 1 amide bonds. The van der Waals surface area contributed by atoms with E-state index in [4.69, 9.17) is 5.73 Å². The molecule has 3 rings (SSSR count). The number of carbonyl (C=O) groups is 1. The fourth-order valence-electron chi connectivity index (χ4n) is 3.91. The van der Waals surface area contributed by atoms with Crippen molar-refractivity contribution in [3.8, 4) is 6.07 Å². The summed E-state index contributed by atoms with van der Waals surface area (Å²) < 4.78 is 0. The van der Waals surface area contributed by atoms with E-state index in [2.05, 4.69) is 28.8 Å². The van der Waals surface area contributed by atoms with Crippen molar-refractivity contribution in [3.63, 3.8) is 0 Å². The minimum Gasteiger partial charge on any atom is -0.386 e. The van der Waals surface area contributed by atoms with Gasteiger partial charge in [-0.15, -0.1) is 0 Å². The highest BCUT2D eigenvalue weighted by Gasteiger charge is 2.18.